The molecule has 0 spiro atoms. The van der Waals surface area contributed by atoms with Gasteiger partial charge in [-0.3, -0.25) is 0 Å². The van der Waals surface area contributed by atoms with Crippen LogP contribution in [0.4, 0.5) is 13.2 Å². The Bertz CT molecular complexity index is 473. The van der Waals surface area contributed by atoms with E-state index >= 15 is 0 Å². The predicted molar refractivity (Wildman–Crippen MR) is 52.4 cm³/mol. The molecule has 0 aliphatic carbocycles. The molecule has 0 N–H and O–H groups in total. The monoisotopic (exact) mass is 294 g/mol. The molecule has 0 fully saturated rings. The van der Waals surface area contributed by atoms with Crippen LogP contribution in [0.2, 0.25) is 0 Å². The Balaban J connectivity index is 0.00000256. The maximum absolute atomic E-state index is 12.3. The van der Waals surface area contributed by atoms with Crippen molar-refractivity contribution in [3.8, 4) is 0 Å². The van der Waals surface area contributed by atoms with E-state index in [9.17, 15) is 26.1 Å². The van der Waals surface area contributed by atoms with Crippen LogP contribution < -0.4 is 29.6 Å². The standard InChI is InChI=1S/C8H7F3O3S2.Na/c9-8(10,11)7-3-1-2-6(4-7)5-15-16(12,13)14;/h1-4H,5H2,(H,12,13,14);/q;+1/p-1. The summed E-state index contributed by atoms with van der Waals surface area (Å²) in [6, 6.07) is 4.18. The molecule has 0 saturated heterocycles. The molecular formula is C8H6F3NaO3S2. The molecule has 0 unspecified atom stereocenters. The van der Waals surface area contributed by atoms with Gasteiger partial charge in [0.25, 0.3) is 0 Å². The smallest absolute Gasteiger partial charge is 0.739 e. The van der Waals surface area contributed by atoms with Crippen LogP contribution in [0.15, 0.2) is 24.3 Å². The maximum atomic E-state index is 12.3. The van der Waals surface area contributed by atoms with Crippen LogP contribution in [-0.4, -0.2) is 13.0 Å². The first-order valence-electron chi connectivity index (χ1n) is 3.95. The van der Waals surface area contributed by atoms with Crippen molar-refractivity contribution in [2.45, 2.75) is 11.9 Å². The van der Waals surface area contributed by atoms with Crippen molar-refractivity contribution in [2.75, 3.05) is 0 Å². The molecule has 9 heteroatoms. The summed E-state index contributed by atoms with van der Waals surface area (Å²) in [5, 5.41) is 0. The minimum absolute atomic E-state index is 0. The average Bonchev–Trinajstić information content (AvgIpc) is 2.13. The third-order valence-corrected chi connectivity index (χ3v) is 3.58. The minimum Gasteiger partial charge on any atom is -0.739 e. The Morgan fingerprint density at radius 3 is 2.35 bits per heavy atom. The number of hydrogen-bond acceptors (Lipinski definition) is 4. The fraction of sp³-hybridized carbons (Fsp3) is 0.250. The Morgan fingerprint density at radius 1 is 1.29 bits per heavy atom. The molecule has 1 aromatic carbocycles. The molecule has 3 nitrogen and oxygen atoms in total. The number of hydrogen-bond donors (Lipinski definition) is 0. The van der Waals surface area contributed by atoms with E-state index < -0.39 is 20.9 Å². The molecule has 0 amide bonds. The van der Waals surface area contributed by atoms with Crippen LogP contribution in [0.1, 0.15) is 11.1 Å². The summed E-state index contributed by atoms with van der Waals surface area (Å²) < 4.78 is 67.6. The van der Waals surface area contributed by atoms with Crippen LogP contribution in [0.5, 0.6) is 0 Å². The van der Waals surface area contributed by atoms with E-state index in [0.717, 1.165) is 18.2 Å². The van der Waals surface area contributed by atoms with E-state index in [-0.39, 0.29) is 51.7 Å². The summed E-state index contributed by atoms with van der Waals surface area (Å²) in [5.41, 5.74) is -0.729. The van der Waals surface area contributed by atoms with Crippen molar-refractivity contribution in [2.24, 2.45) is 0 Å². The molecule has 17 heavy (non-hydrogen) atoms. The summed E-state index contributed by atoms with van der Waals surface area (Å²) in [5.74, 6) is -0.296. The first-order valence-corrected chi connectivity index (χ1v) is 6.86. The topological polar surface area (TPSA) is 57.2 Å². The second-order valence-corrected chi connectivity index (χ2v) is 6.14. The maximum Gasteiger partial charge on any atom is 1.00 e. The second kappa shape index (κ2) is 6.44. The zero-order valence-electron chi connectivity index (χ0n) is 8.69. The van der Waals surface area contributed by atoms with Gasteiger partial charge in [0.1, 0.15) is 9.15 Å². The molecule has 0 bridgehead atoms. The van der Waals surface area contributed by atoms with Gasteiger partial charge in [0.15, 0.2) is 0 Å². The first kappa shape index (κ1) is 17.3. The van der Waals surface area contributed by atoms with E-state index in [1.54, 1.807) is 0 Å². The van der Waals surface area contributed by atoms with Crippen molar-refractivity contribution < 1.29 is 55.7 Å². The summed E-state index contributed by atoms with van der Waals surface area (Å²) in [4.78, 5) is 0. The van der Waals surface area contributed by atoms with Crippen molar-refractivity contribution >= 4 is 19.9 Å². The molecule has 0 aromatic heterocycles. The summed E-state index contributed by atoms with van der Waals surface area (Å²) in [7, 11) is -4.43. The Kier molecular flexibility index (Phi) is 6.54. The SMILES string of the molecule is O=S(=O)([O-])SCc1cccc(C(F)(F)F)c1.[Na+]. The first-order chi connectivity index (χ1) is 7.18. The van der Waals surface area contributed by atoms with E-state index in [1.165, 1.54) is 6.07 Å². The normalized spacial score (nSPS) is 12.0. The van der Waals surface area contributed by atoms with Crippen molar-refractivity contribution in [1.29, 1.82) is 0 Å². The van der Waals surface area contributed by atoms with Crippen LogP contribution >= 0.6 is 10.8 Å². The van der Waals surface area contributed by atoms with Gasteiger partial charge in [-0.15, -0.1) is 0 Å². The molecule has 90 valence electrons. The third kappa shape index (κ3) is 6.68. The number of halogens is 3. The zero-order valence-corrected chi connectivity index (χ0v) is 12.3. The largest absolute Gasteiger partial charge is 1.00 e. The van der Waals surface area contributed by atoms with Gasteiger partial charge in [-0.25, -0.2) is 8.42 Å². The van der Waals surface area contributed by atoms with Crippen LogP contribution in [0, 0.1) is 0 Å². The van der Waals surface area contributed by atoms with Gasteiger partial charge in [0.05, 0.1) is 5.56 Å². The van der Waals surface area contributed by atoms with Gasteiger partial charge in [0.2, 0.25) is 0 Å². The van der Waals surface area contributed by atoms with Crippen LogP contribution in [-0.2, 0) is 21.1 Å². The number of alkyl halides is 3. The average molecular weight is 294 g/mol. The zero-order chi connectivity index (χ0) is 12.4. The summed E-state index contributed by atoms with van der Waals surface area (Å²) in [6.45, 7) is 0. The Morgan fingerprint density at radius 2 is 1.88 bits per heavy atom. The fourth-order valence-electron chi connectivity index (χ4n) is 0.978. The molecule has 1 rings (SSSR count). The molecule has 0 atom stereocenters. The van der Waals surface area contributed by atoms with Gasteiger partial charge in [0, 0.05) is 5.75 Å². The molecular weight excluding hydrogens is 288 g/mol. The predicted octanol–water partition coefficient (Wildman–Crippen LogP) is -0.597. The Hall–Kier alpha value is 0.270. The number of benzene rings is 1. The van der Waals surface area contributed by atoms with E-state index in [2.05, 4.69) is 0 Å². The molecule has 0 saturated carbocycles. The van der Waals surface area contributed by atoms with Crippen molar-refractivity contribution in [1.82, 2.24) is 0 Å². The van der Waals surface area contributed by atoms with E-state index in [1.807, 2.05) is 0 Å². The van der Waals surface area contributed by atoms with Gasteiger partial charge >= 0.3 is 35.7 Å². The molecule has 0 heterocycles. The van der Waals surface area contributed by atoms with E-state index in [4.69, 9.17) is 0 Å². The quantitative estimate of drug-likeness (QED) is 0.424. The van der Waals surface area contributed by atoms with Crippen LogP contribution in [0.3, 0.4) is 0 Å². The van der Waals surface area contributed by atoms with Crippen LogP contribution in [0.25, 0.3) is 0 Å². The molecule has 0 aliphatic heterocycles. The van der Waals surface area contributed by atoms with Gasteiger partial charge in [-0.1, -0.05) is 18.2 Å². The fourth-order valence-corrected chi connectivity index (χ4v) is 2.28. The summed E-state index contributed by atoms with van der Waals surface area (Å²) >= 11 is 0. The molecule has 0 aliphatic rings. The Labute approximate surface area is 122 Å². The minimum atomic E-state index is -4.49. The summed E-state index contributed by atoms with van der Waals surface area (Å²) in [6.07, 6.45) is -4.48. The van der Waals surface area contributed by atoms with Crippen molar-refractivity contribution in [3.63, 3.8) is 0 Å². The van der Waals surface area contributed by atoms with Crippen molar-refractivity contribution in [3.05, 3.63) is 35.4 Å². The van der Waals surface area contributed by atoms with E-state index in [0.29, 0.717) is 0 Å². The third-order valence-electron chi connectivity index (χ3n) is 1.62. The van der Waals surface area contributed by atoms with Gasteiger partial charge < -0.3 is 4.55 Å². The molecule has 1 aromatic rings. The number of rotatable bonds is 3. The molecule has 0 radical (unpaired) electrons. The van der Waals surface area contributed by atoms with Gasteiger partial charge in [-0.2, -0.15) is 13.2 Å². The second-order valence-electron chi connectivity index (χ2n) is 2.87. The van der Waals surface area contributed by atoms with Gasteiger partial charge in [-0.05, 0) is 22.4 Å².